The number of benzene rings is 3. The number of para-hydroxylation sites is 1. The van der Waals surface area contributed by atoms with Crippen LogP contribution in [0.1, 0.15) is 28.8 Å². The molecule has 3 rings (SSSR count). The van der Waals surface area contributed by atoms with Crippen LogP contribution in [-0.2, 0) is 6.54 Å². The maximum Gasteiger partial charge on any atom is 0.251 e. The lowest BCUT2D eigenvalue weighted by Crippen LogP contribution is -2.22. The quantitative estimate of drug-likeness (QED) is 0.515. The Morgan fingerprint density at radius 2 is 1.21 bits per heavy atom. The summed E-state index contributed by atoms with van der Waals surface area (Å²) in [5.41, 5.74) is 1.70. The van der Waals surface area contributed by atoms with E-state index in [0.717, 1.165) is 29.9 Å². The maximum absolute atomic E-state index is 12.2. The molecule has 0 aromatic heterocycles. The molecule has 0 heterocycles. The molecular weight excluding hydrogens is 350 g/mol. The van der Waals surface area contributed by atoms with Crippen molar-refractivity contribution in [2.45, 2.75) is 19.4 Å². The van der Waals surface area contributed by atoms with Gasteiger partial charge in [0.2, 0.25) is 0 Å². The van der Waals surface area contributed by atoms with Crippen molar-refractivity contribution in [3.8, 4) is 11.5 Å². The first kappa shape index (κ1) is 19.5. The summed E-state index contributed by atoms with van der Waals surface area (Å²) in [6.07, 6.45) is 1.83. The summed E-state index contributed by atoms with van der Waals surface area (Å²) in [5.74, 6) is 1.57. The van der Waals surface area contributed by atoms with Crippen LogP contribution < -0.4 is 14.8 Å². The minimum atomic E-state index is -0.0894. The van der Waals surface area contributed by atoms with Crippen LogP contribution in [0.2, 0.25) is 0 Å². The number of carbonyl (C=O) groups excluding carboxylic acids is 1. The second-order valence-corrected chi connectivity index (χ2v) is 6.41. The van der Waals surface area contributed by atoms with Gasteiger partial charge < -0.3 is 14.8 Å². The molecule has 0 aliphatic heterocycles. The minimum Gasteiger partial charge on any atom is -0.494 e. The molecule has 0 atom stereocenters. The van der Waals surface area contributed by atoms with Crippen molar-refractivity contribution in [2.24, 2.45) is 0 Å². The highest BCUT2D eigenvalue weighted by Crippen LogP contribution is 2.13. The second kappa shape index (κ2) is 10.8. The molecule has 144 valence electrons. The second-order valence-electron chi connectivity index (χ2n) is 6.41. The molecule has 4 nitrogen and oxygen atoms in total. The third kappa shape index (κ3) is 6.47. The van der Waals surface area contributed by atoms with Gasteiger partial charge in [-0.2, -0.15) is 0 Å². The van der Waals surface area contributed by atoms with Gasteiger partial charge in [0.15, 0.2) is 0 Å². The molecule has 0 spiro atoms. The lowest BCUT2D eigenvalue weighted by Gasteiger charge is -2.09. The predicted octanol–water partition coefficient (Wildman–Crippen LogP) is 4.85. The Morgan fingerprint density at radius 1 is 0.679 bits per heavy atom. The normalized spacial score (nSPS) is 10.3. The molecule has 0 unspecified atom stereocenters. The number of rotatable bonds is 10. The molecule has 1 amide bonds. The summed E-state index contributed by atoms with van der Waals surface area (Å²) in [7, 11) is 0. The monoisotopic (exact) mass is 375 g/mol. The van der Waals surface area contributed by atoms with Crippen LogP contribution in [0.3, 0.4) is 0 Å². The molecule has 0 saturated carbocycles. The van der Waals surface area contributed by atoms with Crippen LogP contribution in [0.5, 0.6) is 11.5 Å². The molecule has 1 N–H and O–H groups in total. The van der Waals surface area contributed by atoms with E-state index in [1.807, 2.05) is 72.8 Å². The SMILES string of the molecule is O=C(NCc1ccccc1)c1ccc(OCCCCOc2ccccc2)cc1. The maximum atomic E-state index is 12.2. The lowest BCUT2D eigenvalue weighted by atomic mass is 10.2. The van der Waals surface area contributed by atoms with Gasteiger partial charge >= 0.3 is 0 Å². The Labute approximate surface area is 166 Å². The van der Waals surface area contributed by atoms with Crippen LogP contribution in [0, 0.1) is 0 Å². The van der Waals surface area contributed by atoms with Gasteiger partial charge in [-0.05, 0) is 54.8 Å². The third-order valence-electron chi connectivity index (χ3n) is 4.23. The Balaban J connectivity index is 1.33. The van der Waals surface area contributed by atoms with Crippen LogP contribution in [0.4, 0.5) is 0 Å². The van der Waals surface area contributed by atoms with Crippen molar-refractivity contribution < 1.29 is 14.3 Å². The van der Waals surface area contributed by atoms with Crippen molar-refractivity contribution in [1.82, 2.24) is 5.32 Å². The zero-order valence-corrected chi connectivity index (χ0v) is 15.8. The minimum absolute atomic E-state index is 0.0894. The number of unbranched alkanes of at least 4 members (excludes halogenated alkanes) is 1. The van der Waals surface area contributed by atoms with Gasteiger partial charge in [-0.25, -0.2) is 0 Å². The van der Waals surface area contributed by atoms with E-state index in [1.54, 1.807) is 12.1 Å². The van der Waals surface area contributed by atoms with E-state index in [4.69, 9.17) is 9.47 Å². The number of amides is 1. The number of carbonyl (C=O) groups is 1. The molecule has 0 aliphatic carbocycles. The highest BCUT2D eigenvalue weighted by atomic mass is 16.5. The molecule has 3 aromatic rings. The first-order chi connectivity index (χ1) is 13.8. The fraction of sp³-hybridized carbons (Fsp3) is 0.208. The lowest BCUT2D eigenvalue weighted by molar-refractivity contribution is 0.0951. The summed E-state index contributed by atoms with van der Waals surface area (Å²) < 4.78 is 11.4. The van der Waals surface area contributed by atoms with Crippen LogP contribution in [-0.4, -0.2) is 19.1 Å². The molecule has 3 aromatic carbocycles. The number of hydrogen-bond acceptors (Lipinski definition) is 3. The first-order valence-corrected chi connectivity index (χ1v) is 9.54. The predicted molar refractivity (Wildman–Crippen MR) is 111 cm³/mol. The van der Waals surface area contributed by atoms with E-state index in [9.17, 15) is 4.79 Å². The molecule has 0 fully saturated rings. The van der Waals surface area contributed by atoms with Crippen molar-refractivity contribution in [2.75, 3.05) is 13.2 Å². The summed E-state index contributed by atoms with van der Waals surface area (Å²) in [6.45, 7) is 1.81. The number of ether oxygens (including phenoxy) is 2. The highest BCUT2D eigenvalue weighted by Gasteiger charge is 2.05. The highest BCUT2D eigenvalue weighted by molar-refractivity contribution is 5.94. The van der Waals surface area contributed by atoms with Crippen molar-refractivity contribution in [1.29, 1.82) is 0 Å². The topological polar surface area (TPSA) is 47.6 Å². The van der Waals surface area contributed by atoms with E-state index in [1.165, 1.54) is 0 Å². The molecule has 28 heavy (non-hydrogen) atoms. The van der Waals surface area contributed by atoms with Gasteiger partial charge in [0.25, 0.3) is 5.91 Å². The first-order valence-electron chi connectivity index (χ1n) is 9.54. The van der Waals surface area contributed by atoms with Crippen molar-refractivity contribution in [3.05, 3.63) is 96.1 Å². The average Bonchev–Trinajstić information content (AvgIpc) is 2.76. The van der Waals surface area contributed by atoms with Gasteiger partial charge in [0.05, 0.1) is 13.2 Å². The van der Waals surface area contributed by atoms with E-state index in [2.05, 4.69) is 5.32 Å². The Morgan fingerprint density at radius 3 is 1.82 bits per heavy atom. The molecule has 4 heteroatoms. The number of nitrogens with one attached hydrogen (secondary N) is 1. The fourth-order valence-corrected chi connectivity index (χ4v) is 2.68. The van der Waals surface area contributed by atoms with Gasteiger partial charge in [-0.3, -0.25) is 4.79 Å². The van der Waals surface area contributed by atoms with Crippen molar-refractivity contribution >= 4 is 5.91 Å². The van der Waals surface area contributed by atoms with E-state index in [0.29, 0.717) is 25.3 Å². The van der Waals surface area contributed by atoms with Crippen LogP contribution in [0.15, 0.2) is 84.9 Å². The smallest absolute Gasteiger partial charge is 0.251 e. The number of hydrogen-bond donors (Lipinski definition) is 1. The van der Waals surface area contributed by atoms with Gasteiger partial charge in [0.1, 0.15) is 11.5 Å². The zero-order valence-electron chi connectivity index (χ0n) is 15.8. The Hall–Kier alpha value is -3.27. The molecule has 0 radical (unpaired) electrons. The van der Waals surface area contributed by atoms with Gasteiger partial charge in [0, 0.05) is 12.1 Å². The summed E-state index contributed by atoms with van der Waals surface area (Å²) in [4.78, 5) is 12.2. The Kier molecular flexibility index (Phi) is 7.50. The van der Waals surface area contributed by atoms with E-state index in [-0.39, 0.29) is 5.91 Å². The zero-order chi connectivity index (χ0) is 19.4. The standard InChI is InChI=1S/C24H25NO3/c26-24(25-19-20-9-3-1-4-10-20)21-13-15-23(16-14-21)28-18-8-7-17-27-22-11-5-2-6-12-22/h1-6,9-16H,7-8,17-19H2,(H,25,26). The molecule has 0 saturated heterocycles. The van der Waals surface area contributed by atoms with Crippen LogP contribution >= 0.6 is 0 Å². The van der Waals surface area contributed by atoms with Crippen molar-refractivity contribution in [3.63, 3.8) is 0 Å². The fourth-order valence-electron chi connectivity index (χ4n) is 2.68. The summed E-state index contributed by atoms with van der Waals surface area (Å²) in [5, 5.41) is 2.92. The van der Waals surface area contributed by atoms with Gasteiger partial charge in [-0.15, -0.1) is 0 Å². The van der Waals surface area contributed by atoms with Gasteiger partial charge in [-0.1, -0.05) is 48.5 Å². The molecule has 0 bridgehead atoms. The summed E-state index contributed by atoms with van der Waals surface area (Å²) >= 11 is 0. The molecule has 0 aliphatic rings. The average molecular weight is 375 g/mol. The van der Waals surface area contributed by atoms with E-state index < -0.39 is 0 Å². The molecular formula is C24H25NO3. The largest absolute Gasteiger partial charge is 0.494 e. The Bertz CT molecular complexity index is 833. The summed E-state index contributed by atoms with van der Waals surface area (Å²) in [6, 6.07) is 26.9. The third-order valence-corrected chi connectivity index (χ3v) is 4.23. The van der Waals surface area contributed by atoms with Crippen LogP contribution in [0.25, 0.3) is 0 Å². The van der Waals surface area contributed by atoms with E-state index >= 15 is 0 Å².